The lowest BCUT2D eigenvalue weighted by Crippen LogP contribution is -2.53. The fourth-order valence-electron chi connectivity index (χ4n) is 3.58. The molecule has 0 aromatic carbocycles. The molecule has 0 aliphatic carbocycles. The van der Waals surface area contributed by atoms with Crippen molar-refractivity contribution >= 4 is 17.5 Å². The minimum absolute atomic E-state index is 0.0860. The Labute approximate surface area is 136 Å². The number of rotatable bonds is 2. The second-order valence-corrected chi connectivity index (χ2v) is 6.78. The summed E-state index contributed by atoms with van der Waals surface area (Å²) < 4.78 is 7.32. The molecule has 0 spiro atoms. The van der Waals surface area contributed by atoms with E-state index in [0.29, 0.717) is 22.8 Å². The Morgan fingerprint density at radius 3 is 2.64 bits per heavy atom. The van der Waals surface area contributed by atoms with Gasteiger partial charge in [0.1, 0.15) is 5.69 Å². The molecule has 0 radical (unpaired) electrons. The number of piperidine rings is 1. The number of hydrogen-bond acceptors (Lipinski definition) is 3. The van der Waals surface area contributed by atoms with Gasteiger partial charge in [-0.25, -0.2) is 0 Å². The summed E-state index contributed by atoms with van der Waals surface area (Å²) in [5, 5.41) is 0.614. The second kappa shape index (κ2) is 6.60. The first-order valence-corrected chi connectivity index (χ1v) is 8.38. The predicted octanol–water partition coefficient (Wildman–Crippen LogP) is 2.00. The molecule has 122 valence electrons. The highest BCUT2D eigenvalue weighted by atomic mass is 35.5. The molecule has 2 fully saturated rings. The van der Waals surface area contributed by atoms with Gasteiger partial charge in [0.05, 0.1) is 18.2 Å². The number of carbonyl (C=O) groups is 1. The van der Waals surface area contributed by atoms with Crippen LogP contribution in [0.1, 0.15) is 30.3 Å². The number of aryl methyl sites for hydroxylation is 1. The topological polar surface area (TPSA) is 37.7 Å². The number of likely N-dealkylation sites (tertiary alicyclic amines) is 1. The molecule has 3 heterocycles. The number of morpholine rings is 1. The molecule has 1 aromatic heterocycles. The van der Waals surface area contributed by atoms with Crippen molar-refractivity contribution in [2.24, 2.45) is 7.05 Å². The third-order valence-corrected chi connectivity index (χ3v) is 5.04. The van der Waals surface area contributed by atoms with Crippen LogP contribution in [0.3, 0.4) is 0 Å². The van der Waals surface area contributed by atoms with Gasteiger partial charge in [-0.05, 0) is 25.8 Å². The number of carbonyl (C=O) groups excluding carboxylic acids is 1. The number of hydrogen-bond donors (Lipinski definition) is 0. The number of aromatic nitrogens is 1. The van der Waals surface area contributed by atoms with Gasteiger partial charge >= 0.3 is 0 Å². The molecule has 22 heavy (non-hydrogen) atoms. The molecule has 6 heteroatoms. The van der Waals surface area contributed by atoms with Crippen LogP contribution < -0.4 is 0 Å². The van der Waals surface area contributed by atoms with Gasteiger partial charge in [-0.3, -0.25) is 9.69 Å². The van der Waals surface area contributed by atoms with Crippen molar-refractivity contribution < 1.29 is 9.53 Å². The van der Waals surface area contributed by atoms with Gasteiger partial charge in [0.2, 0.25) is 0 Å². The van der Waals surface area contributed by atoms with Gasteiger partial charge in [-0.1, -0.05) is 11.6 Å². The zero-order chi connectivity index (χ0) is 15.7. The summed E-state index contributed by atoms with van der Waals surface area (Å²) >= 11 is 5.98. The van der Waals surface area contributed by atoms with Gasteiger partial charge in [-0.15, -0.1) is 0 Å². The highest BCUT2D eigenvalue weighted by molar-refractivity contribution is 6.31. The fraction of sp³-hybridized carbons (Fsp3) is 0.688. The predicted molar refractivity (Wildman–Crippen MR) is 86.3 cm³/mol. The highest BCUT2D eigenvalue weighted by Gasteiger charge is 2.31. The average molecular weight is 326 g/mol. The molecule has 0 unspecified atom stereocenters. The van der Waals surface area contributed by atoms with Crippen LogP contribution in [0, 0.1) is 0 Å². The van der Waals surface area contributed by atoms with Gasteiger partial charge in [-0.2, -0.15) is 0 Å². The van der Waals surface area contributed by atoms with E-state index >= 15 is 0 Å². The number of ether oxygens (including phenoxy) is 1. The van der Waals surface area contributed by atoms with Crippen molar-refractivity contribution in [1.29, 1.82) is 0 Å². The Kier molecular flexibility index (Phi) is 4.76. The molecule has 1 aromatic rings. The maximum Gasteiger partial charge on any atom is 0.270 e. The van der Waals surface area contributed by atoms with E-state index in [1.165, 1.54) is 0 Å². The summed E-state index contributed by atoms with van der Waals surface area (Å²) in [6.07, 6.45) is 3.85. The molecule has 1 atom stereocenters. The van der Waals surface area contributed by atoms with Crippen molar-refractivity contribution in [2.45, 2.75) is 31.8 Å². The van der Waals surface area contributed by atoms with Gasteiger partial charge in [0.15, 0.2) is 0 Å². The maximum absolute atomic E-state index is 12.6. The van der Waals surface area contributed by atoms with E-state index in [1.54, 1.807) is 16.8 Å². The summed E-state index contributed by atoms with van der Waals surface area (Å²) in [6.45, 7) is 6.51. The molecular formula is C16H24ClN3O2. The zero-order valence-corrected chi connectivity index (χ0v) is 14.1. The third kappa shape index (κ3) is 3.16. The first-order valence-electron chi connectivity index (χ1n) is 8.01. The van der Waals surface area contributed by atoms with Gasteiger partial charge in [0, 0.05) is 45.0 Å². The van der Waals surface area contributed by atoms with E-state index in [9.17, 15) is 4.79 Å². The summed E-state index contributed by atoms with van der Waals surface area (Å²) in [6, 6.07) is 2.80. The summed E-state index contributed by atoms with van der Waals surface area (Å²) in [7, 11) is 1.86. The van der Waals surface area contributed by atoms with E-state index < -0.39 is 0 Å². The van der Waals surface area contributed by atoms with Crippen LogP contribution in [-0.4, -0.2) is 65.2 Å². The Morgan fingerprint density at radius 1 is 1.32 bits per heavy atom. The van der Waals surface area contributed by atoms with Crippen molar-refractivity contribution in [1.82, 2.24) is 14.4 Å². The van der Waals surface area contributed by atoms with Crippen molar-refractivity contribution in [3.05, 3.63) is 23.0 Å². The average Bonchev–Trinajstić information content (AvgIpc) is 2.86. The number of halogens is 1. The summed E-state index contributed by atoms with van der Waals surface area (Å²) in [5.74, 6) is 0.0860. The summed E-state index contributed by atoms with van der Waals surface area (Å²) in [4.78, 5) is 17.1. The number of amides is 1. The first kappa shape index (κ1) is 15.8. The van der Waals surface area contributed by atoms with Crippen LogP contribution in [0.25, 0.3) is 0 Å². The standard InChI is InChI=1S/C16H24ClN3O2/c1-12-11-22-8-7-20(12)14-3-5-19(6-4-14)16(21)15-9-13(17)10-18(15)2/h9-10,12,14H,3-8,11H2,1-2H3/t12-/m0/s1. The van der Waals surface area contributed by atoms with Gasteiger partial charge < -0.3 is 14.2 Å². The smallest absolute Gasteiger partial charge is 0.270 e. The van der Waals surface area contributed by atoms with Crippen LogP contribution in [0.15, 0.2) is 12.3 Å². The van der Waals surface area contributed by atoms with E-state index in [4.69, 9.17) is 16.3 Å². The van der Waals surface area contributed by atoms with Crippen LogP contribution in [0.4, 0.5) is 0 Å². The quantitative estimate of drug-likeness (QED) is 0.834. The molecule has 1 amide bonds. The van der Waals surface area contributed by atoms with Gasteiger partial charge in [0.25, 0.3) is 5.91 Å². The lowest BCUT2D eigenvalue weighted by Gasteiger charge is -2.43. The van der Waals surface area contributed by atoms with Crippen molar-refractivity contribution in [2.75, 3.05) is 32.8 Å². The first-order chi connectivity index (χ1) is 10.6. The van der Waals surface area contributed by atoms with Crippen LogP contribution in [-0.2, 0) is 11.8 Å². The van der Waals surface area contributed by atoms with E-state index in [-0.39, 0.29) is 5.91 Å². The lowest BCUT2D eigenvalue weighted by atomic mass is 10.0. The molecule has 2 aliphatic rings. The van der Waals surface area contributed by atoms with Crippen LogP contribution in [0.2, 0.25) is 5.02 Å². The maximum atomic E-state index is 12.6. The Hall–Kier alpha value is -1.04. The second-order valence-electron chi connectivity index (χ2n) is 6.34. The van der Waals surface area contributed by atoms with Crippen LogP contribution in [0.5, 0.6) is 0 Å². The highest BCUT2D eigenvalue weighted by Crippen LogP contribution is 2.23. The van der Waals surface area contributed by atoms with Crippen molar-refractivity contribution in [3.8, 4) is 0 Å². The summed E-state index contributed by atoms with van der Waals surface area (Å²) in [5.41, 5.74) is 0.670. The molecule has 0 saturated carbocycles. The third-order valence-electron chi connectivity index (χ3n) is 4.83. The Morgan fingerprint density at radius 2 is 2.05 bits per heavy atom. The SMILES string of the molecule is C[C@H]1COCCN1C1CCN(C(=O)c2cc(Cl)cn2C)CC1. The molecule has 0 bridgehead atoms. The largest absolute Gasteiger partial charge is 0.379 e. The minimum atomic E-state index is 0.0860. The van der Waals surface area contributed by atoms with Crippen LogP contribution >= 0.6 is 11.6 Å². The lowest BCUT2D eigenvalue weighted by molar-refractivity contribution is -0.0335. The molecule has 2 aliphatic heterocycles. The molecule has 3 rings (SSSR count). The molecule has 5 nitrogen and oxygen atoms in total. The number of nitrogens with zero attached hydrogens (tertiary/aromatic N) is 3. The Bertz CT molecular complexity index is 537. The molecular weight excluding hydrogens is 302 g/mol. The Balaban J connectivity index is 1.59. The monoisotopic (exact) mass is 325 g/mol. The zero-order valence-electron chi connectivity index (χ0n) is 13.3. The molecule has 0 N–H and O–H groups in total. The fourth-order valence-corrected chi connectivity index (χ4v) is 3.83. The van der Waals surface area contributed by atoms with E-state index in [1.807, 2.05) is 11.9 Å². The molecule has 2 saturated heterocycles. The van der Waals surface area contributed by atoms with E-state index in [0.717, 1.165) is 45.7 Å². The minimum Gasteiger partial charge on any atom is -0.379 e. The van der Waals surface area contributed by atoms with E-state index in [2.05, 4.69) is 11.8 Å². The normalized spacial score (nSPS) is 24.7. The van der Waals surface area contributed by atoms with Crippen molar-refractivity contribution in [3.63, 3.8) is 0 Å².